The lowest BCUT2D eigenvalue weighted by molar-refractivity contribution is -0.121. The Labute approximate surface area is 85.2 Å². The van der Waals surface area contributed by atoms with Crippen LogP contribution in [0, 0.1) is 0 Å². The fraction of sp³-hybridized carbons (Fsp3) is 0.889. The molecule has 82 valence electrons. The second-order valence-electron chi connectivity index (χ2n) is 3.83. The number of carbonyl (C=O) groups is 1. The number of carbonyl (C=O) groups excluding carboxylic acids is 1. The van der Waals surface area contributed by atoms with Crippen molar-refractivity contribution < 1.29 is 13.2 Å². The van der Waals surface area contributed by atoms with Gasteiger partial charge in [-0.15, -0.1) is 0 Å². The first-order chi connectivity index (χ1) is 6.42. The van der Waals surface area contributed by atoms with Gasteiger partial charge in [-0.25, -0.2) is 8.42 Å². The summed E-state index contributed by atoms with van der Waals surface area (Å²) in [6.07, 6.45) is 0.639. The van der Waals surface area contributed by atoms with E-state index in [0.717, 1.165) is 0 Å². The normalized spacial score (nSPS) is 25.3. The van der Waals surface area contributed by atoms with Crippen molar-refractivity contribution in [3.63, 3.8) is 0 Å². The van der Waals surface area contributed by atoms with Crippen molar-refractivity contribution in [1.82, 2.24) is 4.90 Å². The highest BCUT2D eigenvalue weighted by atomic mass is 32.2. The number of sulfone groups is 1. The first-order valence-corrected chi connectivity index (χ1v) is 6.69. The lowest BCUT2D eigenvalue weighted by Crippen LogP contribution is -2.39. The van der Waals surface area contributed by atoms with Crippen LogP contribution in [0.15, 0.2) is 0 Å². The molecule has 1 fully saturated rings. The molecule has 0 radical (unpaired) electrons. The Morgan fingerprint density at radius 2 is 1.93 bits per heavy atom. The van der Waals surface area contributed by atoms with E-state index in [-0.39, 0.29) is 23.3 Å². The molecule has 5 heteroatoms. The van der Waals surface area contributed by atoms with E-state index in [2.05, 4.69) is 0 Å². The molecule has 1 saturated heterocycles. The van der Waals surface area contributed by atoms with Gasteiger partial charge < -0.3 is 0 Å². The first-order valence-electron chi connectivity index (χ1n) is 4.87. The van der Waals surface area contributed by atoms with E-state index in [1.165, 1.54) is 0 Å². The van der Waals surface area contributed by atoms with Gasteiger partial charge in [0.2, 0.25) is 0 Å². The van der Waals surface area contributed by atoms with E-state index in [1.54, 1.807) is 6.92 Å². The fourth-order valence-electron chi connectivity index (χ4n) is 1.60. The van der Waals surface area contributed by atoms with Crippen LogP contribution in [-0.4, -0.2) is 49.7 Å². The Kier molecular flexibility index (Phi) is 3.66. The van der Waals surface area contributed by atoms with E-state index >= 15 is 0 Å². The molecule has 0 amide bonds. The molecule has 14 heavy (non-hydrogen) atoms. The number of nitrogens with zero attached hydrogens (tertiary/aromatic N) is 1. The molecular weight excluding hydrogens is 202 g/mol. The molecule has 0 aliphatic carbocycles. The van der Waals surface area contributed by atoms with Crippen LogP contribution >= 0.6 is 0 Å². The highest BCUT2D eigenvalue weighted by Gasteiger charge is 2.24. The highest BCUT2D eigenvalue weighted by Crippen LogP contribution is 2.08. The summed E-state index contributed by atoms with van der Waals surface area (Å²) in [5, 5.41) is 0. The molecule has 0 N–H and O–H groups in total. The zero-order valence-electron chi connectivity index (χ0n) is 8.69. The Hall–Kier alpha value is -0.420. The monoisotopic (exact) mass is 219 g/mol. The maximum absolute atomic E-state index is 11.3. The molecule has 0 saturated carbocycles. The average molecular weight is 219 g/mol. The van der Waals surface area contributed by atoms with Gasteiger partial charge in [-0.2, -0.15) is 0 Å². The number of ketones is 1. The van der Waals surface area contributed by atoms with Crippen molar-refractivity contribution in [3.8, 4) is 0 Å². The van der Waals surface area contributed by atoms with E-state index < -0.39 is 9.84 Å². The van der Waals surface area contributed by atoms with E-state index in [4.69, 9.17) is 0 Å². The molecule has 1 atom stereocenters. The second-order valence-corrected chi connectivity index (χ2v) is 6.13. The van der Waals surface area contributed by atoms with Gasteiger partial charge in [0.05, 0.1) is 17.5 Å². The van der Waals surface area contributed by atoms with Crippen molar-refractivity contribution in [1.29, 1.82) is 0 Å². The number of rotatable bonds is 2. The third kappa shape index (κ3) is 3.06. The number of hydrogen-bond donors (Lipinski definition) is 0. The molecule has 0 aromatic rings. The molecule has 0 aromatic carbocycles. The number of hydrogen-bond acceptors (Lipinski definition) is 4. The molecule has 1 aliphatic heterocycles. The quantitative estimate of drug-likeness (QED) is 0.660. The number of Topliss-reactive ketones (excluding diaryl/α,β-unsaturated/α-hetero) is 1. The van der Waals surface area contributed by atoms with Gasteiger partial charge in [-0.05, 0) is 26.8 Å². The minimum Gasteiger partial charge on any atom is -0.298 e. The van der Waals surface area contributed by atoms with Crippen molar-refractivity contribution in [3.05, 3.63) is 0 Å². The largest absolute Gasteiger partial charge is 0.298 e. The molecule has 1 aliphatic rings. The summed E-state index contributed by atoms with van der Waals surface area (Å²) in [6, 6.07) is -0.150. The van der Waals surface area contributed by atoms with Crippen molar-refractivity contribution in [2.75, 3.05) is 24.6 Å². The summed E-state index contributed by atoms with van der Waals surface area (Å²) in [6.45, 7) is 4.58. The summed E-state index contributed by atoms with van der Waals surface area (Å²) < 4.78 is 22.6. The van der Waals surface area contributed by atoms with Crippen LogP contribution in [0.1, 0.15) is 20.3 Å². The van der Waals surface area contributed by atoms with Crippen LogP contribution in [0.4, 0.5) is 0 Å². The van der Waals surface area contributed by atoms with Gasteiger partial charge in [0.1, 0.15) is 5.78 Å². The van der Waals surface area contributed by atoms with Crippen molar-refractivity contribution in [2.45, 2.75) is 26.3 Å². The van der Waals surface area contributed by atoms with Gasteiger partial charge in [-0.3, -0.25) is 9.69 Å². The summed E-state index contributed by atoms with van der Waals surface area (Å²) in [5.74, 6) is 0.544. The highest BCUT2D eigenvalue weighted by molar-refractivity contribution is 7.91. The van der Waals surface area contributed by atoms with Gasteiger partial charge in [-0.1, -0.05) is 0 Å². The minimum atomic E-state index is -2.86. The predicted octanol–water partition coefficient (Wildman–Crippen LogP) is 0.0844. The maximum atomic E-state index is 11.3. The van der Waals surface area contributed by atoms with E-state index in [1.807, 2.05) is 11.8 Å². The van der Waals surface area contributed by atoms with Crippen LogP contribution in [0.3, 0.4) is 0 Å². The van der Waals surface area contributed by atoms with Crippen LogP contribution in [-0.2, 0) is 14.6 Å². The second kappa shape index (κ2) is 4.40. The first kappa shape index (κ1) is 11.7. The average Bonchev–Trinajstić information content (AvgIpc) is 2.25. The molecular formula is C9H17NO3S. The predicted molar refractivity (Wildman–Crippen MR) is 55.0 cm³/mol. The van der Waals surface area contributed by atoms with Crippen LogP contribution in [0.5, 0.6) is 0 Å². The molecule has 0 spiro atoms. The topological polar surface area (TPSA) is 54.5 Å². The smallest absolute Gasteiger partial charge is 0.151 e. The maximum Gasteiger partial charge on any atom is 0.151 e. The Morgan fingerprint density at radius 3 is 2.50 bits per heavy atom. The molecule has 1 heterocycles. The fourth-order valence-corrected chi connectivity index (χ4v) is 2.89. The van der Waals surface area contributed by atoms with Crippen LogP contribution in [0.25, 0.3) is 0 Å². The lowest BCUT2D eigenvalue weighted by atomic mass is 10.2. The Morgan fingerprint density at radius 1 is 1.29 bits per heavy atom. The standard InChI is InChI=1S/C9H17NO3S/c1-8(9(2)11)10-4-3-6-14(12,13)7-5-10/h8H,3-7H2,1-2H3. The summed E-state index contributed by atoms with van der Waals surface area (Å²) in [4.78, 5) is 13.1. The Bertz CT molecular complexity index is 310. The molecule has 0 aromatic heterocycles. The summed E-state index contributed by atoms with van der Waals surface area (Å²) >= 11 is 0. The van der Waals surface area contributed by atoms with Gasteiger partial charge in [0, 0.05) is 6.54 Å². The minimum absolute atomic E-state index is 0.101. The third-order valence-corrected chi connectivity index (χ3v) is 4.44. The molecule has 1 unspecified atom stereocenters. The van der Waals surface area contributed by atoms with Crippen molar-refractivity contribution >= 4 is 15.6 Å². The SMILES string of the molecule is CC(=O)C(C)N1CCCS(=O)(=O)CC1. The van der Waals surface area contributed by atoms with Gasteiger partial charge in [0.25, 0.3) is 0 Å². The summed E-state index contributed by atoms with van der Waals surface area (Å²) in [7, 11) is -2.86. The molecule has 4 nitrogen and oxygen atoms in total. The zero-order valence-corrected chi connectivity index (χ0v) is 9.51. The summed E-state index contributed by atoms with van der Waals surface area (Å²) in [5.41, 5.74) is 0. The Balaban J connectivity index is 2.63. The molecule has 1 rings (SSSR count). The van der Waals surface area contributed by atoms with Crippen molar-refractivity contribution in [2.24, 2.45) is 0 Å². The lowest BCUT2D eigenvalue weighted by Gasteiger charge is -2.24. The van der Waals surface area contributed by atoms with E-state index in [9.17, 15) is 13.2 Å². The zero-order chi connectivity index (χ0) is 10.8. The third-order valence-electron chi connectivity index (χ3n) is 2.73. The van der Waals surface area contributed by atoms with Gasteiger partial charge >= 0.3 is 0 Å². The van der Waals surface area contributed by atoms with Gasteiger partial charge in [0.15, 0.2) is 9.84 Å². The van der Waals surface area contributed by atoms with Crippen LogP contribution in [0.2, 0.25) is 0 Å². The van der Waals surface area contributed by atoms with Crippen LogP contribution < -0.4 is 0 Å². The molecule has 0 bridgehead atoms. The van der Waals surface area contributed by atoms with E-state index in [0.29, 0.717) is 19.5 Å².